The Bertz CT molecular complexity index is 328. The van der Waals surface area contributed by atoms with Gasteiger partial charge in [0.25, 0.3) is 0 Å². The van der Waals surface area contributed by atoms with Crippen LogP contribution >= 0.6 is 0 Å². The summed E-state index contributed by atoms with van der Waals surface area (Å²) in [5, 5.41) is 21.6. The third-order valence-corrected chi connectivity index (χ3v) is 2.09. The molecule has 0 spiro atoms. The molecule has 1 aromatic rings. The average molecular weight is 199 g/mol. The van der Waals surface area contributed by atoms with Gasteiger partial charge in [-0.05, 0) is 37.2 Å². The Kier molecular flexibility index (Phi) is 3.43. The van der Waals surface area contributed by atoms with Crippen molar-refractivity contribution in [3.05, 3.63) is 29.1 Å². The monoisotopic (exact) mass is 199 g/mol. The molecule has 0 bridgehead atoms. The van der Waals surface area contributed by atoms with Gasteiger partial charge in [0.05, 0.1) is 6.10 Å². The Balaban J connectivity index is 3.02. The van der Waals surface area contributed by atoms with Gasteiger partial charge in [0.15, 0.2) is 11.6 Å². The van der Waals surface area contributed by atoms with E-state index in [4.69, 9.17) is 5.11 Å². The quantitative estimate of drug-likeness (QED) is 0.683. The zero-order valence-electron chi connectivity index (χ0n) is 8.21. The summed E-state index contributed by atoms with van der Waals surface area (Å²) in [7, 11) is 1.71. The fraction of sp³-hybridized carbons (Fsp3) is 0.400. The average Bonchev–Trinajstić information content (AvgIpc) is 2.11. The number of hydrogen-bond donors (Lipinski definition) is 3. The molecular weight excluding hydrogens is 185 g/mol. The van der Waals surface area contributed by atoms with Crippen LogP contribution < -0.4 is 5.32 Å². The molecule has 0 aliphatic heterocycles. The number of nitrogens with one attached hydrogen (secondary N) is 1. The van der Waals surface area contributed by atoms with Crippen LogP contribution in [0.5, 0.6) is 5.75 Å². The lowest BCUT2D eigenvalue weighted by molar-refractivity contribution is 0.176. The minimum absolute atomic E-state index is 0.367. The molecule has 0 fully saturated rings. The lowest BCUT2D eigenvalue weighted by atomic mass is 10.0. The molecule has 78 valence electrons. The highest BCUT2D eigenvalue weighted by molar-refractivity contribution is 5.36. The maximum atomic E-state index is 12.9. The lowest BCUT2D eigenvalue weighted by Gasteiger charge is -2.13. The van der Waals surface area contributed by atoms with Crippen LogP contribution in [0.4, 0.5) is 4.39 Å². The van der Waals surface area contributed by atoms with Gasteiger partial charge in [-0.3, -0.25) is 0 Å². The van der Waals surface area contributed by atoms with E-state index in [9.17, 15) is 9.50 Å². The molecule has 1 rings (SSSR count). The van der Waals surface area contributed by atoms with Crippen molar-refractivity contribution in [3.63, 3.8) is 0 Å². The summed E-state index contributed by atoms with van der Waals surface area (Å²) >= 11 is 0. The SMILES string of the molecule is CNCC(O)c1cc(O)c(F)cc1C. The molecule has 0 aliphatic rings. The van der Waals surface area contributed by atoms with Crippen LogP contribution in [-0.2, 0) is 0 Å². The molecule has 0 amide bonds. The van der Waals surface area contributed by atoms with E-state index in [-0.39, 0.29) is 0 Å². The minimum Gasteiger partial charge on any atom is -0.505 e. The Morgan fingerprint density at radius 1 is 1.50 bits per heavy atom. The van der Waals surface area contributed by atoms with Gasteiger partial charge in [-0.15, -0.1) is 0 Å². The number of halogens is 1. The second kappa shape index (κ2) is 4.39. The van der Waals surface area contributed by atoms with Gasteiger partial charge in [-0.1, -0.05) is 0 Å². The molecule has 0 radical (unpaired) electrons. The predicted molar refractivity (Wildman–Crippen MR) is 51.7 cm³/mol. The zero-order chi connectivity index (χ0) is 10.7. The summed E-state index contributed by atoms with van der Waals surface area (Å²) in [5.74, 6) is -1.09. The number of phenolic OH excluding ortho intramolecular Hbond substituents is 1. The van der Waals surface area contributed by atoms with Crippen molar-refractivity contribution >= 4 is 0 Å². The van der Waals surface area contributed by atoms with Crippen LogP contribution in [0.1, 0.15) is 17.2 Å². The summed E-state index contributed by atoms with van der Waals surface area (Å²) in [5.41, 5.74) is 1.17. The minimum atomic E-state index is -0.730. The molecule has 14 heavy (non-hydrogen) atoms. The van der Waals surface area contributed by atoms with E-state index < -0.39 is 17.7 Å². The van der Waals surface area contributed by atoms with Gasteiger partial charge < -0.3 is 15.5 Å². The topological polar surface area (TPSA) is 52.5 Å². The summed E-state index contributed by atoms with van der Waals surface area (Å²) in [6, 6.07) is 2.47. The molecule has 0 heterocycles. The van der Waals surface area contributed by atoms with Crippen LogP contribution in [0.15, 0.2) is 12.1 Å². The summed E-state index contributed by atoms with van der Waals surface area (Å²) in [6.45, 7) is 2.06. The molecule has 0 saturated heterocycles. The molecule has 3 N–H and O–H groups in total. The van der Waals surface area contributed by atoms with Gasteiger partial charge in [0, 0.05) is 6.54 Å². The lowest BCUT2D eigenvalue weighted by Crippen LogP contribution is -2.17. The number of aliphatic hydroxyl groups excluding tert-OH is 1. The first-order valence-corrected chi connectivity index (χ1v) is 4.38. The zero-order valence-corrected chi connectivity index (χ0v) is 8.21. The summed E-state index contributed by atoms with van der Waals surface area (Å²) < 4.78 is 12.9. The number of aryl methyl sites for hydroxylation is 1. The van der Waals surface area contributed by atoms with Gasteiger partial charge in [0.1, 0.15) is 0 Å². The van der Waals surface area contributed by atoms with Crippen LogP contribution in [0.25, 0.3) is 0 Å². The van der Waals surface area contributed by atoms with E-state index in [0.29, 0.717) is 17.7 Å². The molecule has 4 heteroatoms. The van der Waals surface area contributed by atoms with Gasteiger partial charge in [0.2, 0.25) is 0 Å². The smallest absolute Gasteiger partial charge is 0.165 e. The van der Waals surface area contributed by atoms with Crippen molar-refractivity contribution in [2.24, 2.45) is 0 Å². The number of aromatic hydroxyl groups is 1. The van der Waals surface area contributed by atoms with E-state index in [2.05, 4.69) is 5.32 Å². The van der Waals surface area contributed by atoms with E-state index >= 15 is 0 Å². The fourth-order valence-electron chi connectivity index (χ4n) is 1.34. The second-order valence-corrected chi connectivity index (χ2v) is 3.23. The van der Waals surface area contributed by atoms with Crippen LogP contribution in [0.3, 0.4) is 0 Å². The van der Waals surface area contributed by atoms with Crippen molar-refractivity contribution < 1.29 is 14.6 Å². The van der Waals surface area contributed by atoms with E-state index in [1.54, 1.807) is 14.0 Å². The van der Waals surface area contributed by atoms with Gasteiger partial charge in [-0.2, -0.15) is 0 Å². The summed E-state index contributed by atoms with van der Waals surface area (Å²) in [4.78, 5) is 0. The maximum absolute atomic E-state index is 12.9. The molecule has 1 atom stereocenters. The van der Waals surface area contributed by atoms with Crippen LogP contribution in [-0.4, -0.2) is 23.8 Å². The molecule has 1 aromatic carbocycles. The number of likely N-dealkylation sites (N-methyl/N-ethyl adjacent to an activating group) is 1. The number of phenols is 1. The predicted octanol–water partition coefficient (Wildman–Crippen LogP) is 1.09. The molecule has 0 aliphatic carbocycles. The first-order valence-electron chi connectivity index (χ1n) is 4.38. The Morgan fingerprint density at radius 3 is 2.71 bits per heavy atom. The Morgan fingerprint density at radius 2 is 2.14 bits per heavy atom. The standard InChI is InChI=1S/C10H14FNO2/c1-6-3-8(11)9(13)4-7(6)10(14)5-12-2/h3-4,10,12-14H,5H2,1-2H3. The normalized spacial score (nSPS) is 12.9. The third-order valence-electron chi connectivity index (χ3n) is 2.09. The van der Waals surface area contributed by atoms with Crippen molar-refractivity contribution in [1.82, 2.24) is 5.32 Å². The number of benzene rings is 1. The number of aliphatic hydroxyl groups is 1. The van der Waals surface area contributed by atoms with Crippen molar-refractivity contribution in [3.8, 4) is 5.75 Å². The first kappa shape index (κ1) is 10.9. The second-order valence-electron chi connectivity index (χ2n) is 3.23. The van der Waals surface area contributed by atoms with E-state index in [0.717, 1.165) is 0 Å². The highest BCUT2D eigenvalue weighted by Gasteiger charge is 2.12. The van der Waals surface area contributed by atoms with Crippen molar-refractivity contribution in [1.29, 1.82) is 0 Å². The molecule has 0 aromatic heterocycles. The molecular formula is C10H14FNO2. The van der Waals surface area contributed by atoms with Gasteiger partial charge in [-0.25, -0.2) is 4.39 Å². The number of hydrogen-bond acceptors (Lipinski definition) is 3. The van der Waals surface area contributed by atoms with Crippen molar-refractivity contribution in [2.75, 3.05) is 13.6 Å². The van der Waals surface area contributed by atoms with Crippen LogP contribution in [0.2, 0.25) is 0 Å². The third kappa shape index (κ3) is 2.21. The Hall–Kier alpha value is -1.13. The molecule has 1 unspecified atom stereocenters. The maximum Gasteiger partial charge on any atom is 0.165 e. The van der Waals surface area contributed by atoms with Crippen molar-refractivity contribution in [2.45, 2.75) is 13.0 Å². The first-order chi connectivity index (χ1) is 6.56. The molecule has 3 nitrogen and oxygen atoms in total. The number of rotatable bonds is 3. The van der Waals surface area contributed by atoms with Crippen LogP contribution in [0, 0.1) is 12.7 Å². The fourth-order valence-corrected chi connectivity index (χ4v) is 1.34. The van der Waals surface area contributed by atoms with E-state index in [1.165, 1.54) is 12.1 Å². The summed E-state index contributed by atoms with van der Waals surface area (Å²) in [6.07, 6.45) is -0.730. The molecule has 0 saturated carbocycles. The highest BCUT2D eigenvalue weighted by atomic mass is 19.1. The van der Waals surface area contributed by atoms with Gasteiger partial charge >= 0.3 is 0 Å². The van der Waals surface area contributed by atoms with E-state index in [1.807, 2.05) is 0 Å². The highest BCUT2D eigenvalue weighted by Crippen LogP contribution is 2.25. The largest absolute Gasteiger partial charge is 0.505 e. The Labute approximate surface area is 82.2 Å².